The third kappa shape index (κ3) is 5.00. The van der Waals surface area contributed by atoms with Gasteiger partial charge >= 0.3 is 0 Å². The molecule has 1 aliphatic rings. The van der Waals surface area contributed by atoms with E-state index in [9.17, 15) is 4.79 Å². The summed E-state index contributed by atoms with van der Waals surface area (Å²) >= 11 is 0. The van der Waals surface area contributed by atoms with Crippen LogP contribution in [0.4, 0.5) is 5.82 Å². The Balaban J connectivity index is 1.39. The van der Waals surface area contributed by atoms with Crippen molar-refractivity contribution in [3.05, 3.63) is 54.5 Å². The molecule has 6 heteroatoms. The van der Waals surface area contributed by atoms with Gasteiger partial charge in [0, 0.05) is 57.7 Å². The van der Waals surface area contributed by atoms with E-state index in [4.69, 9.17) is 0 Å². The molecule has 0 spiro atoms. The Labute approximate surface area is 148 Å². The molecule has 0 bridgehead atoms. The van der Waals surface area contributed by atoms with Crippen LogP contribution in [0.15, 0.2) is 48.9 Å². The Morgan fingerprint density at radius 1 is 1.12 bits per heavy atom. The van der Waals surface area contributed by atoms with Crippen LogP contribution in [0.25, 0.3) is 0 Å². The molecule has 0 unspecified atom stereocenters. The first-order chi connectivity index (χ1) is 12.2. The molecule has 0 saturated carbocycles. The largest absolute Gasteiger partial charge is 0.354 e. The third-order valence-corrected chi connectivity index (χ3v) is 4.58. The lowest BCUT2D eigenvalue weighted by molar-refractivity contribution is -0.122. The van der Waals surface area contributed by atoms with E-state index in [1.54, 1.807) is 12.4 Å². The molecule has 3 heterocycles. The van der Waals surface area contributed by atoms with E-state index >= 15 is 0 Å². The van der Waals surface area contributed by atoms with Gasteiger partial charge in [0.1, 0.15) is 5.82 Å². The second-order valence-corrected chi connectivity index (χ2v) is 6.34. The summed E-state index contributed by atoms with van der Waals surface area (Å²) < 4.78 is 0. The first-order valence-corrected chi connectivity index (χ1v) is 8.80. The zero-order valence-corrected chi connectivity index (χ0v) is 14.6. The van der Waals surface area contributed by atoms with Crippen molar-refractivity contribution in [1.82, 2.24) is 20.2 Å². The molecular formula is C19H25N5O. The van der Waals surface area contributed by atoms with E-state index in [0.29, 0.717) is 6.42 Å². The molecule has 1 aliphatic heterocycles. The van der Waals surface area contributed by atoms with Crippen molar-refractivity contribution in [3.8, 4) is 0 Å². The number of hydrogen-bond donors (Lipinski definition) is 1. The Bertz CT molecular complexity index is 656. The Morgan fingerprint density at radius 2 is 1.88 bits per heavy atom. The number of nitrogens with one attached hydrogen (secondary N) is 1. The predicted octanol–water partition coefficient (Wildman–Crippen LogP) is 1.87. The molecule has 1 amide bonds. The minimum Gasteiger partial charge on any atom is -0.354 e. The van der Waals surface area contributed by atoms with Crippen LogP contribution in [0.2, 0.25) is 0 Å². The lowest BCUT2D eigenvalue weighted by Gasteiger charge is -2.35. The molecule has 1 atom stereocenters. The normalized spacial score (nSPS) is 16.4. The van der Waals surface area contributed by atoms with Gasteiger partial charge in [0.05, 0.1) is 6.04 Å². The lowest BCUT2D eigenvalue weighted by Crippen LogP contribution is -2.47. The van der Waals surface area contributed by atoms with Gasteiger partial charge in [-0.3, -0.25) is 14.7 Å². The summed E-state index contributed by atoms with van der Waals surface area (Å²) in [4.78, 5) is 25.2. The second kappa shape index (κ2) is 8.58. The van der Waals surface area contributed by atoms with Crippen molar-refractivity contribution >= 4 is 11.7 Å². The summed E-state index contributed by atoms with van der Waals surface area (Å²) in [6.45, 7) is 6.62. The number of carbonyl (C=O) groups is 1. The number of nitrogens with zero attached hydrogens (tertiary/aromatic N) is 4. The van der Waals surface area contributed by atoms with Gasteiger partial charge in [-0.2, -0.15) is 0 Å². The molecule has 132 valence electrons. The SMILES string of the molecule is C[C@H](NC(=O)CCN1CCN(c2ccccn2)CC1)c1ccncc1. The fourth-order valence-corrected chi connectivity index (χ4v) is 3.05. The Kier molecular flexibility index (Phi) is 5.95. The highest BCUT2D eigenvalue weighted by Gasteiger charge is 2.18. The number of aromatic nitrogens is 2. The van der Waals surface area contributed by atoms with Crippen molar-refractivity contribution in [2.75, 3.05) is 37.6 Å². The number of carbonyl (C=O) groups excluding carboxylic acids is 1. The van der Waals surface area contributed by atoms with Crippen molar-refractivity contribution in [2.45, 2.75) is 19.4 Å². The Hall–Kier alpha value is -2.47. The van der Waals surface area contributed by atoms with Gasteiger partial charge in [0.2, 0.25) is 5.91 Å². The summed E-state index contributed by atoms with van der Waals surface area (Å²) in [6, 6.07) is 9.87. The first kappa shape index (κ1) is 17.4. The van der Waals surface area contributed by atoms with Crippen LogP contribution >= 0.6 is 0 Å². The molecule has 3 rings (SSSR count). The fourth-order valence-electron chi connectivity index (χ4n) is 3.05. The van der Waals surface area contributed by atoms with Crippen LogP contribution in [0.5, 0.6) is 0 Å². The topological polar surface area (TPSA) is 61.4 Å². The van der Waals surface area contributed by atoms with E-state index in [0.717, 1.165) is 44.1 Å². The van der Waals surface area contributed by atoms with Crippen molar-refractivity contribution in [1.29, 1.82) is 0 Å². The molecule has 1 saturated heterocycles. The molecule has 25 heavy (non-hydrogen) atoms. The number of amides is 1. The lowest BCUT2D eigenvalue weighted by atomic mass is 10.1. The summed E-state index contributed by atoms with van der Waals surface area (Å²) in [6.07, 6.45) is 5.85. The average Bonchev–Trinajstić information content (AvgIpc) is 2.68. The Morgan fingerprint density at radius 3 is 2.56 bits per heavy atom. The summed E-state index contributed by atoms with van der Waals surface area (Å²) in [5.41, 5.74) is 1.08. The number of pyridine rings is 2. The highest BCUT2D eigenvalue weighted by molar-refractivity contribution is 5.76. The van der Waals surface area contributed by atoms with Gasteiger partial charge in [-0.25, -0.2) is 4.98 Å². The predicted molar refractivity (Wildman–Crippen MR) is 98.3 cm³/mol. The van der Waals surface area contributed by atoms with Gasteiger partial charge in [-0.05, 0) is 36.8 Å². The summed E-state index contributed by atoms with van der Waals surface area (Å²) in [5, 5.41) is 3.06. The van der Waals surface area contributed by atoms with Crippen LogP contribution in [0.1, 0.15) is 24.9 Å². The highest BCUT2D eigenvalue weighted by Crippen LogP contribution is 2.13. The maximum absolute atomic E-state index is 12.2. The zero-order valence-electron chi connectivity index (χ0n) is 14.6. The van der Waals surface area contributed by atoms with E-state index < -0.39 is 0 Å². The van der Waals surface area contributed by atoms with E-state index in [2.05, 4.69) is 25.1 Å². The van der Waals surface area contributed by atoms with E-state index in [1.807, 2.05) is 43.5 Å². The van der Waals surface area contributed by atoms with Gasteiger partial charge in [-0.15, -0.1) is 0 Å². The molecule has 2 aromatic rings. The van der Waals surface area contributed by atoms with Crippen molar-refractivity contribution in [3.63, 3.8) is 0 Å². The minimum absolute atomic E-state index is 0.0107. The highest BCUT2D eigenvalue weighted by atomic mass is 16.1. The maximum atomic E-state index is 12.2. The summed E-state index contributed by atoms with van der Waals surface area (Å²) in [7, 11) is 0. The fraction of sp³-hybridized carbons (Fsp3) is 0.421. The molecule has 0 radical (unpaired) electrons. The van der Waals surface area contributed by atoms with Crippen molar-refractivity contribution in [2.24, 2.45) is 0 Å². The molecule has 1 fully saturated rings. The summed E-state index contributed by atoms with van der Waals surface area (Å²) in [5.74, 6) is 1.13. The number of piperazine rings is 1. The standard InChI is InChI=1S/C19H25N5O/c1-16(17-5-9-20-10-6-17)22-19(25)7-11-23-12-14-24(15-13-23)18-4-2-3-8-21-18/h2-6,8-10,16H,7,11-15H2,1H3,(H,22,25)/t16-/m0/s1. The molecule has 2 aromatic heterocycles. The monoisotopic (exact) mass is 339 g/mol. The molecule has 1 N–H and O–H groups in total. The maximum Gasteiger partial charge on any atom is 0.221 e. The number of hydrogen-bond acceptors (Lipinski definition) is 5. The van der Waals surface area contributed by atoms with Gasteiger partial charge in [0.25, 0.3) is 0 Å². The zero-order chi connectivity index (χ0) is 17.5. The number of rotatable bonds is 6. The molecule has 6 nitrogen and oxygen atoms in total. The van der Waals surface area contributed by atoms with E-state index in [-0.39, 0.29) is 11.9 Å². The van der Waals surface area contributed by atoms with Crippen LogP contribution in [0, 0.1) is 0 Å². The van der Waals surface area contributed by atoms with E-state index in [1.165, 1.54) is 0 Å². The third-order valence-electron chi connectivity index (χ3n) is 4.58. The molecule has 0 aromatic carbocycles. The quantitative estimate of drug-likeness (QED) is 0.870. The van der Waals surface area contributed by atoms with Crippen LogP contribution < -0.4 is 10.2 Å². The van der Waals surface area contributed by atoms with Crippen LogP contribution in [0.3, 0.4) is 0 Å². The van der Waals surface area contributed by atoms with Gasteiger partial charge < -0.3 is 10.2 Å². The first-order valence-electron chi connectivity index (χ1n) is 8.80. The second-order valence-electron chi connectivity index (χ2n) is 6.34. The average molecular weight is 339 g/mol. The molecular weight excluding hydrogens is 314 g/mol. The van der Waals surface area contributed by atoms with Crippen molar-refractivity contribution < 1.29 is 4.79 Å². The number of anilines is 1. The molecule has 0 aliphatic carbocycles. The van der Waals surface area contributed by atoms with Gasteiger partial charge in [-0.1, -0.05) is 6.07 Å². The minimum atomic E-state index is 0.0107. The van der Waals surface area contributed by atoms with Crippen LogP contribution in [-0.2, 0) is 4.79 Å². The van der Waals surface area contributed by atoms with Crippen LogP contribution in [-0.4, -0.2) is 53.5 Å². The van der Waals surface area contributed by atoms with Gasteiger partial charge in [0.15, 0.2) is 0 Å². The smallest absolute Gasteiger partial charge is 0.221 e.